The fourth-order valence-electron chi connectivity index (χ4n) is 5.64. The molecule has 1 aliphatic carbocycles. The summed E-state index contributed by atoms with van der Waals surface area (Å²) >= 11 is 0. The quantitative estimate of drug-likeness (QED) is 0.190. The summed E-state index contributed by atoms with van der Waals surface area (Å²) in [6.07, 6.45) is 0.0337. The Kier molecular flexibility index (Phi) is 8.67. The Bertz CT molecular complexity index is 1290. The number of benzene rings is 4. The standard InChI is InChI=1S/C35H36O5/c1-5-13-27(14-6-1)22-36-26-31-32-21-35(40-32,39-25-30-19-11-4-12-20-30)34(38-24-29-17-9-3-10-18-29)33(31)37-23-28-15-7-2-8-16-28/h1-20,31-34H,21-26H2/t31-,32-,33-,34-,35?/m0/s1. The van der Waals surface area contributed by atoms with Crippen molar-refractivity contribution in [2.45, 2.75) is 56.9 Å². The van der Waals surface area contributed by atoms with Gasteiger partial charge in [0.25, 0.3) is 0 Å². The van der Waals surface area contributed by atoms with E-state index in [1.165, 1.54) is 0 Å². The summed E-state index contributed by atoms with van der Waals surface area (Å²) in [7, 11) is 0. The van der Waals surface area contributed by atoms with Crippen LogP contribution in [0.15, 0.2) is 121 Å². The van der Waals surface area contributed by atoms with Crippen molar-refractivity contribution in [1.82, 2.24) is 0 Å². The molecular weight excluding hydrogens is 500 g/mol. The molecule has 3 fully saturated rings. The zero-order valence-electron chi connectivity index (χ0n) is 22.6. The van der Waals surface area contributed by atoms with Crippen molar-refractivity contribution < 1.29 is 23.7 Å². The van der Waals surface area contributed by atoms with Gasteiger partial charge in [0, 0.05) is 12.3 Å². The maximum atomic E-state index is 6.70. The van der Waals surface area contributed by atoms with Crippen molar-refractivity contribution in [3.8, 4) is 0 Å². The van der Waals surface area contributed by atoms with Crippen molar-refractivity contribution >= 4 is 0 Å². The van der Waals surface area contributed by atoms with Gasteiger partial charge < -0.3 is 23.7 Å². The number of hydrogen-bond acceptors (Lipinski definition) is 5. The van der Waals surface area contributed by atoms with Crippen LogP contribution in [-0.2, 0) is 50.1 Å². The van der Waals surface area contributed by atoms with Gasteiger partial charge in [-0.2, -0.15) is 0 Å². The Morgan fingerprint density at radius 3 is 1.55 bits per heavy atom. The minimum Gasteiger partial charge on any atom is -0.376 e. The lowest BCUT2D eigenvalue weighted by molar-refractivity contribution is -0.442. The third kappa shape index (κ3) is 6.35. The normalized spacial score (nSPS) is 25.3. The van der Waals surface area contributed by atoms with Gasteiger partial charge in [0.2, 0.25) is 0 Å². The maximum absolute atomic E-state index is 6.70. The van der Waals surface area contributed by atoms with Crippen molar-refractivity contribution in [2.24, 2.45) is 5.92 Å². The minimum absolute atomic E-state index is 0.00963. The first-order chi connectivity index (χ1) is 19.8. The van der Waals surface area contributed by atoms with E-state index in [0.717, 1.165) is 28.7 Å². The lowest BCUT2D eigenvalue weighted by atomic mass is 9.73. The molecule has 4 aromatic carbocycles. The Balaban J connectivity index is 1.23. The summed E-state index contributed by atoms with van der Waals surface area (Å²) in [6, 6.07) is 40.9. The van der Waals surface area contributed by atoms with Crippen molar-refractivity contribution in [1.29, 1.82) is 0 Å². The van der Waals surface area contributed by atoms with E-state index in [2.05, 4.69) is 48.5 Å². The average Bonchev–Trinajstić information content (AvgIpc) is 3.00. The number of fused-ring (bicyclic) bond motifs is 2. The van der Waals surface area contributed by atoms with Crippen LogP contribution in [0, 0.1) is 5.92 Å². The number of rotatable bonds is 13. The highest BCUT2D eigenvalue weighted by Crippen LogP contribution is 2.51. The molecule has 3 aliphatic rings. The van der Waals surface area contributed by atoms with Crippen LogP contribution in [0.4, 0.5) is 0 Å². The van der Waals surface area contributed by atoms with E-state index in [1.807, 2.05) is 72.8 Å². The SMILES string of the molecule is c1ccc(COC[C@@H]2[C@H](OCc3ccccc3)[C@H](OCc3ccccc3)C3(OCc4ccccc4)C[C@@H]2O3)cc1. The van der Waals surface area contributed by atoms with Gasteiger partial charge in [-0.05, 0) is 22.3 Å². The Morgan fingerprint density at radius 1 is 0.575 bits per heavy atom. The molecule has 2 bridgehead atoms. The zero-order valence-corrected chi connectivity index (χ0v) is 22.6. The molecule has 1 unspecified atom stereocenters. The maximum Gasteiger partial charge on any atom is 0.200 e. The lowest BCUT2D eigenvalue weighted by Crippen LogP contribution is -2.74. The fourth-order valence-corrected chi connectivity index (χ4v) is 5.64. The molecule has 2 saturated heterocycles. The van der Waals surface area contributed by atoms with E-state index in [-0.39, 0.29) is 18.1 Å². The largest absolute Gasteiger partial charge is 0.376 e. The molecule has 5 nitrogen and oxygen atoms in total. The van der Waals surface area contributed by atoms with Crippen LogP contribution in [0.25, 0.3) is 0 Å². The zero-order chi connectivity index (χ0) is 27.0. The van der Waals surface area contributed by atoms with E-state index in [1.54, 1.807) is 0 Å². The van der Waals surface area contributed by atoms with E-state index in [9.17, 15) is 0 Å². The summed E-state index contributed by atoms with van der Waals surface area (Å²) in [5.74, 6) is -0.859. The molecule has 0 radical (unpaired) electrons. The van der Waals surface area contributed by atoms with Crippen molar-refractivity contribution in [3.63, 3.8) is 0 Å². The molecule has 2 aliphatic heterocycles. The number of ether oxygens (including phenoxy) is 5. The molecule has 0 N–H and O–H groups in total. The smallest absolute Gasteiger partial charge is 0.200 e. The van der Waals surface area contributed by atoms with Gasteiger partial charge in [0.05, 0.1) is 45.2 Å². The summed E-state index contributed by atoms with van der Waals surface area (Å²) in [5.41, 5.74) is 4.46. The first-order valence-corrected chi connectivity index (χ1v) is 14.1. The monoisotopic (exact) mass is 536 g/mol. The molecule has 206 valence electrons. The van der Waals surface area contributed by atoms with Crippen molar-refractivity contribution in [2.75, 3.05) is 6.61 Å². The second-order valence-corrected chi connectivity index (χ2v) is 10.6. The first kappa shape index (κ1) is 26.9. The van der Waals surface area contributed by atoms with Crippen LogP contribution >= 0.6 is 0 Å². The van der Waals surface area contributed by atoms with Crippen LogP contribution in [0.5, 0.6) is 0 Å². The van der Waals surface area contributed by atoms with Crippen LogP contribution in [0.3, 0.4) is 0 Å². The summed E-state index contributed by atoms with van der Waals surface area (Å²) < 4.78 is 32.8. The topological polar surface area (TPSA) is 46.2 Å². The second kappa shape index (κ2) is 12.9. The van der Waals surface area contributed by atoms with Crippen LogP contribution < -0.4 is 0 Å². The van der Waals surface area contributed by atoms with Crippen LogP contribution in [0.1, 0.15) is 28.7 Å². The fraction of sp³-hybridized carbons (Fsp3) is 0.314. The summed E-state index contributed by atoms with van der Waals surface area (Å²) in [5, 5.41) is 0. The minimum atomic E-state index is -0.868. The van der Waals surface area contributed by atoms with Gasteiger partial charge in [0.1, 0.15) is 6.10 Å². The van der Waals surface area contributed by atoms with Gasteiger partial charge in [-0.1, -0.05) is 121 Å². The molecule has 5 heteroatoms. The highest BCUT2D eigenvalue weighted by Gasteiger charge is 2.65. The molecule has 0 spiro atoms. The van der Waals surface area contributed by atoms with Gasteiger partial charge in [0.15, 0.2) is 5.79 Å². The average molecular weight is 537 g/mol. The Hall–Kier alpha value is -3.32. The molecule has 2 heterocycles. The van der Waals surface area contributed by atoms with Crippen LogP contribution in [0.2, 0.25) is 0 Å². The molecule has 0 amide bonds. The third-order valence-corrected chi connectivity index (χ3v) is 7.77. The van der Waals surface area contributed by atoms with Gasteiger partial charge in [-0.3, -0.25) is 0 Å². The third-order valence-electron chi connectivity index (χ3n) is 7.77. The molecule has 0 aromatic heterocycles. The van der Waals surface area contributed by atoms with Gasteiger partial charge >= 0.3 is 0 Å². The van der Waals surface area contributed by atoms with Crippen molar-refractivity contribution in [3.05, 3.63) is 144 Å². The highest BCUT2D eigenvalue weighted by molar-refractivity contribution is 5.18. The summed E-state index contributed by atoms with van der Waals surface area (Å²) in [4.78, 5) is 0. The first-order valence-electron chi connectivity index (χ1n) is 14.1. The molecule has 4 aromatic rings. The second-order valence-electron chi connectivity index (χ2n) is 10.6. The molecular formula is C35H36O5. The van der Waals surface area contributed by atoms with Crippen LogP contribution in [-0.4, -0.2) is 30.7 Å². The molecule has 40 heavy (non-hydrogen) atoms. The van der Waals surface area contributed by atoms with E-state index >= 15 is 0 Å². The van der Waals surface area contributed by atoms with E-state index in [4.69, 9.17) is 23.7 Å². The van der Waals surface area contributed by atoms with E-state index < -0.39 is 11.9 Å². The Labute approximate surface area is 236 Å². The Morgan fingerprint density at radius 2 is 1.02 bits per heavy atom. The van der Waals surface area contributed by atoms with Gasteiger partial charge in [-0.25, -0.2) is 0 Å². The predicted molar refractivity (Wildman–Crippen MR) is 153 cm³/mol. The molecule has 5 atom stereocenters. The highest BCUT2D eigenvalue weighted by atomic mass is 16.7. The predicted octanol–water partition coefficient (Wildman–Crippen LogP) is 6.71. The lowest BCUT2D eigenvalue weighted by Gasteiger charge is -2.61. The number of hydrogen-bond donors (Lipinski definition) is 0. The van der Waals surface area contributed by atoms with E-state index in [0.29, 0.717) is 33.0 Å². The summed E-state index contributed by atoms with van der Waals surface area (Å²) in [6.45, 7) is 2.42. The van der Waals surface area contributed by atoms with Gasteiger partial charge in [-0.15, -0.1) is 0 Å². The molecule has 1 saturated carbocycles. The molecule has 7 rings (SSSR count).